The number of amides is 1. The second-order valence-electron chi connectivity index (χ2n) is 4.11. The van der Waals surface area contributed by atoms with Crippen LogP contribution < -0.4 is 0 Å². The topological polar surface area (TPSA) is 40.5 Å². The van der Waals surface area contributed by atoms with Crippen molar-refractivity contribution in [3.05, 3.63) is 41.7 Å². The van der Waals surface area contributed by atoms with E-state index in [1.165, 1.54) is 18.2 Å². The highest BCUT2D eigenvalue weighted by Gasteiger charge is 2.22. The lowest BCUT2D eigenvalue weighted by Gasteiger charge is -2.12. The first-order chi connectivity index (χ1) is 8.15. The number of carbonyl (C=O) groups excluding carboxylic acids is 1. The van der Waals surface area contributed by atoms with Crippen molar-refractivity contribution in [1.82, 2.24) is 4.90 Å². The lowest BCUT2D eigenvalue weighted by Crippen LogP contribution is -2.27. The van der Waals surface area contributed by atoms with E-state index >= 15 is 0 Å². The van der Waals surface area contributed by atoms with Gasteiger partial charge in [0.15, 0.2) is 0 Å². The van der Waals surface area contributed by atoms with Crippen LogP contribution in [0.25, 0.3) is 6.08 Å². The molecular weight excluding hydrogens is 221 g/mol. The fourth-order valence-electron chi connectivity index (χ4n) is 1.79. The van der Waals surface area contributed by atoms with Crippen molar-refractivity contribution in [2.45, 2.75) is 12.5 Å². The second-order valence-corrected chi connectivity index (χ2v) is 4.11. The van der Waals surface area contributed by atoms with Crippen LogP contribution in [0.5, 0.6) is 0 Å². The lowest BCUT2D eigenvalue weighted by atomic mass is 10.2. The van der Waals surface area contributed by atoms with Crippen LogP contribution in [-0.4, -0.2) is 35.1 Å². The van der Waals surface area contributed by atoms with Crippen molar-refractivity contribution >= 4 is 12.0 Å². The number of nitrogens with zero attached hydrogens (tertiary/aromatic N) is 1. The summed E-state index contributed by atoms with van der Waals surface area (Å²) in [4.78, 5) is 13.3. The minimum atomic E-state index is -0.404. The molecule has 1 heterocycles. The first kappa shape index (κ1) is 11.8. The van der Waals surface area contributed by atoms with E-state index in [2.05, 4.69) is 0 Å². The standard InChI is InChI=1S/C13H14FNO2/c14-11-4-1-10(2-5-11)3-6-13(17)15-8-7-12(16)9-15/h1-6,12,16H,7-9H2/t12-/m1/s1. The molecule has 1 aliphatic heterocycles. The van der Waals surface area contributed by atoms with Crippen LogP contribution >= 0.6 is 0 Å². The highest BCUT2D eigenvalue weighted by Crippen LogP contribution is 2.10. The number of likely N-dealkylation sites (tertiary alicyclic amines) is 1. The van der Waals surface area contributed by atoms with E-state index in [1.807, 2.05) is 0 Å². The number of hydrogen-bond donors (Lipinski definition) is 1. The summed E-state index contributed by atoms with van der Waals surface area (Å²) in [6, 6.07) is 5.92. The van der Waals surface area contributed by atoms with Gasteiger partial charge in [0.25, 0.3) is 0 Å². The highest BCUT2D eigenvalue weighted by molar-refractivity contribution is 5.91. The van der Waals surface area contributed by atoms with Crippen LogP contribution in [0, 0.1) is 5.82 Å². The molecule has 1 atom stereocenters. The van der Waals surface area contributed by atoms with Crippen molar-refractivity contribution < 1.29 is 14.3 Å². The number of β-amino-alcohol motifs (C(OH)–C–C–N with tert-alkyl or cyclic N) is 1. The molecule has 1 saturated heterocycles. The summed E-state index contributed by atoms with van der Waals surface area (Å²) in [7, 11) is 0. The van der Waals surface area contributed by atoms with E-state index in [4.69, 9.17) is 0 Å². The summed E-state index contributed by atoms with van der Waals surface area (Å²) in [6.45, 7) is 0.986. The molecule has 3 nitrogen and oxygen atoms in total. The molecular formula is C13H14FNO2. The van der Waals surface area contributed by atoms with Gasteiger partial charge < -0.3 is 10.0 Å². The molecule has 1 aromatic carbocycles. The molecule has 0 aromatic heterocycles. The Kier molecular flexibility index (Phi) is 3.54. The summed E-state index contributed by atoms with van der Waals surface area (Å²) in [6.07, 6.45) is 3.33. The molecule has 1 aliphatic rings. The maximum Gasteiger partial charge on any atom is 0.246 e. The highest BCUT2D eigenvalue weighted by atomic mass is 19.1. The van der Waals surface area contributed by atoms with Gasteiger partial charge in [0.2, 0.25) is 5.91 Å². The van der Waals surface area contributed by atoms with Gasteiger partial charge in [-0.1, -0.05) is 12.1 Å². The Morgan fingerprint density at radius 3 is 2.71 bits per heavy atom. The van der Waals surface area contributed by atoms with Crippen molar-refractivity contribution in [1.29, 1.82) is 0 Å². The van der Waals surface area contributed by atoms with Crippen molar-refractivity contribution in [2.75, 3.05) is 13.1 Å². The van der Waals surface area contributed by atoms with Crippen molar-refractivity contribution in [3.8, 4) is 0 Å². The summed E-state index contributed by atoms with van der Waals surface area (Å²) in [5.74, 6) is -0.415. The van der Waals surface area contributed by atoms with Crippen LogP contribution in [-0.2, 0) is 4.79 Å². The number of aliphatic hydroxyl groups excluding tert-OH is 1. The summed E-state index contributed by atoms with van der Waals surface area (Å²) in [5.41, 5.74) is 0.777. The van der Waals surface area contributed by atoms with E-state index < -0.39 is 6.10 Å². The smallest absolute Gasteiger partial charge is 0.246 e. The summed E-state index contributed by atoms with van der Waals surface area (Å²) >= 11 is 0. The SMILES string of the molecule is O=C(C=Cc1ccc(F)cc1)N1CC[C@@H](O)C1. The van der Waals surface area contributed by atoms with E-state index in [1.54, 1.807) is 23.1 Å². The Balaban J connectivity index is 1.96. The fraction of sp³-hybridized carbons (Fsp3) is 0.308. The van der Waals surface area contributed by atoms with Crippen LogP contribution in [0.15, 0.2) is 30.3 Å². The molecule has 0 unspecified atom stereocenters. The largest absolute Gasteiger partial charge is 0.391 e. The Morgan fingerprint density at radius 2 is 2.12 bits per heavy atom. The first-order valence-electron chi connectivity index (χ1n) is 5.56. The zero-order chi connectivity index (χ0) is 12.3. The van der Waals surface area contributed by atoms with Gasteiger partial charge in [-0.05, 0) is 30.2 Å². The third-order valence-electron chi connectivity index (χ3n) is 2.76. The number of aliphatic hydroxyl groups is 1. The van der Waals surface area contributed by atoms with Crippen LogP contribution in [0.3, 0.4) is 0 Å². The van der Waals surface area contributed by atoms with Crippen LogP contribution in [0.4, 0.5) is 4.39 Å². The molecule has 2 rings (SSSR count). The van der Waals surface area contributed by atoms with Gasteiger partial charge in [-0.15, -0.1) is 0 Å². The molecule has 1 N–H and O–H groups in total. The number of benzene rings is 1. The third-order valence-corrected chi connectivity index (χ3v) is 2.76. The zero-order valence-electron chi connectivity index (χ0n) is 9.34. The van der Waals surface area contributed by atoms with E-state index in [0.717, 1.165) is 5.56 Å². The zero-order valence-corrected chi connectivity index (χ0v) is 9.34. The summed E-state index contributed by atoms with van der Waals surface area (Å²) < 4.78 is 12.6. The Hall–Kier alpha value is -1.68. The number of hydrogen-bond acceptors (Lipinski definition) is 2. The van der Waals surface area contributed by atoms with Crippen molar-refractivity contribution in [2.24, 2.45) is 0 Å². The van der Waals surface area contributed by atoms with E-state index in [0.29, 0.717) is 19.5 Å². The predicted octanol–water partition coefficient (Wildman–Crippen LogP) is 1.43. The molecule has 17 heavy (non-hydrogen) atoms. The molecule has 90 valence electrons. The lowest BCUT2D eigenvalue weighted by molar-refractivity contribution is -0.125. The fourth-order valence-corrected chi connectivity index (χ4v) is 1.79. The quantitative estimate of drug-likeness (QED) is 0.788. The molecule has 4 heteroatoms. The number of halogens is 1. The Labute approximate surface area is 99.2 Å². The van der Waals surface area contributed by atoms with E-state index in [-0.39, 0.29) is 11.7 Å². The van der Waals surface area contributed by atoms with Gasteiger partial charge in [-0.2, -0.15) is 0 Å². The second kappa shape index (κ2) is 5.10. The van der Waals surface area contributed by atoms with Gasteiger partial charge in [0.1, 0.15) is 5.82 Å². The number of carbonyl (C=O) groups is 1. The Morgan fingerprint density at radius 1 is 1.41 bits per heavy atom. The molecule has 0 radical (unpaired) electrons. The summed E-state index contributed by atoms with van der Waals surface area (Å²) in [5, 5.41) is 9.30. The third kappa shape index (κ3) is 3.14. The molecule has 0 aliphatic carbocycles. The molecule has 0 bridgehead atoms. The molecule has 1 amide bonds. The Bertz CT molecular complexity index is 428. The van der Waals surface area contributed by atoms with Crippen molar-refractivity contribution in [3.63, 3.8) is 0 Å². The predicted molar refractivity (Wildman–Crippen MR) is 62.6 cm³/mol. The van der Waals surface area contributed by atoms with Gasteiger partial charge >= 0.3 is 0 Å². The van der Waals surface area contributed by atoms with Gasteiger partial charge in [0, 0.05) is 19.2 Å². The van der Waals surface area contributed by atoms with Gasteiger partial charge in [-0.3, -0.25) is 4.79 Å². The molecule has 0 saturated carbocycles. The minimum absolute atomic E-state index is 0.120. The monoisotopic (exact) mass is 235 g/mol. The average Bonchev–Trinajstić information content (AvgIpc) is 2.75. The molecule has 1 aromatic rings. The average molecular weight is 235 g/mol. The van der Waals surface area contributed by atoms with Gasteiger partial charge in [0.05, 0.1) is 6.10 Å². The molecule has 0 spiro atoms. The first-order valence-corrected chi connectivity index (χ1v) is 5.56. The number of rotatable bonds is 2. The minimum Gasteiger partial charge on any atom is -0.391 e. The van der Waals surface area contributed by atoms with Crippen LogP contribution in [0.1, 0.15) is 12.0 Å². The van der Waals surface area contributed by atoms with Crippen LogP contribution in [0.2, 0.25) is 0 Å². The maximum absolute atomic E-state index is 12.6. The maximum atomic E-state index is 12.6. The normalized spacial score (nSPS) is 20.1. The molecule has 1 fully saturated rings. The van der Waals surface area contributed by atoms with Gasteiger partial charge in [-0.25, -0.2) is 4.39 Å². The van der Waals surface area contributed by atoms with E-state index in [9.17, 15) is 14.3 Å².